The summed E-state index contributed by atoms with van der Waals surface area (Å²) < 4.78 is 0. The highest BCUT2D eigenvalue weighted by atomic mass is 16.6. The molecule has 0 fully saturated rings. The van der Waals surface area contributed by atoms with E-state index in [-0.39, 0.29) is 30.2 Å². The molecule has 24 heavy (non-hydrogen) atoms. The van der Waals surface area contributed by atoms with Crippen LogP contribution in [0.15, 0.2) is 54.7 Å². The van der Waals surface area contributed by atoms with E-state index in [9.17, 15) is 4.79 Å². The van der Waals surface area contributed by atoms with Gasteiger partial charge in [-0.05, 0) is 5.56 Å². The maximum Gasteiger partial charge on any atom is 0.223 e. The van der Waals surface area contributed by atoms with Crippen molar-refractivity contribution < 1.29 is 9.63 Å². The number of nitrogen functional groups attached to an aromatic ring is 1. The monoisotopic (exact) mass is 326 g/mol. The van der Waals surface area contributed by atoms with Crippen LogP contribution in [0.4, 0.5) is 0 Å². The number of carbonyl (C=O) groups is 1. The molecule has 0 aliphatic carbocycles. The zero-order valence-electron chi connectivity index (χ0n) is 13.5. The van der Waals surface area contributed by atoms with Crippen molar-refractivity contribution in [3.05, 3.63) is 60.7 Å². The van der Waals surface area contributed by atoms with Crippen molar-refractivity contribution in [2.75, 3.05) is 6.54 Å². The third-order valence-corrected chi connectivity index (χ3v) is 3.82. The van der Waals surface area contributed by atoms with E-state index in [4.69, 9.17) is 16.0 Å². The van der Waals surface area contributed by atoms with Crippen molar-refractivity contribution >= 4 is 17.5 Å². The van der Waals surface area contributed by atoms with Gasteiger partial charge in [0.2, 0.25) is 5.91 Å². The van der Waals surface area contributed by atoms with Gasteiger partial charge in [-0.3, -0.25) is 10.2 Å². The van der Waals surface area contributed by atoms with Crippen LogP contribution in [0.5, 0.6) is 0 Å². The van der Waals surface area contributed by atoms with Gasteiger partial charge in [-0.25, -0.2) is 0 Å². The summed E-state index contributed by atoms with van der Waals surface area (Å²) >= 11 is 0. The first-order chi connectivity index (χ1) is 11.5. The van der Waals surface area contributed by atoms with E-state index in [0.29, 0.717) is 18.5 Å². The van der Waals surface area contributed by atoms with Crippen LogP contribution in [0.1, 0.15) is 24.0 Å². The molecular formula is C18H22N4O2. The first kappa shape index (κ1) is 17.5. The van der Waals surface area contributed by atoms with Gasteiger partial charge in [0.25, 0.3) is 0 Å². The Morgan fingerprint density at radius 3 is 2.67 bits per heavy atom. The minimum absolute atomic E-state index is 0.0260. The molecule has 1 unspecified atom stereocenters. The molecule has 0 aromatic heterocycles. The molecule has 1 amide bonds. The van der Waals surface area contributed by atoms with Crippen LogP contribution in [-0.4, -0.2) is 30.1 Å². The smallest absolute Gasteiger partial charge is 0.223 e. The molecule has 1 aromatic rings. The summed E-state index contributed by atoms with van der Waals surface area (Å²) in [4.78, 5) is 17.3. The van der Waals surface area contributed by atoms with Gasteiger partial charge in [0.05, 0.1) is 12.1 Å². The second-order valence-electron chi connectivity index (χ2n) is 5.60. The summed E-state index contributed by atoms with van der Waals surface area (Å²) in [6.07, 6.45) is 4.04. The molecular weight excluding hydrogens is 304 g/mol. The Labute approximate surface area is 141 Å². The Balaban J connectivity index is 1.83. The van der Waals surface area contributed by atoms with Crippen LogP contribution in [0.2, 0.25) is 0 Å². The Hall–Kier alpha value is -2.89. The molecule has 6 nitrogen and oxygen atoms in total. The minimum Gasteiger partial charge on any atom is -0.391 e. The van der Waals surface area contributed by atoms with E-state index in [1.165, 1.54) is 0 Å². The van der Waals surface area contributed by atoms with Crippen LogP contribution in [0, 0.1) is 11.3 Å². The lowest BCUT2D eigenvalue weighted by Gasteiger charge is -2.11. The fraction of sp³-hybridized carbons (Fsp3) is 0.278. The first-order valence-corrected chi connectivity index (χ1v) is 7.72. The lowest BCUT2D eigenvalue weighted by molar-refractivity contribution is -0.123. The summed E-state index contributed by atoms with van der Waals surface area (Å²) in [5, 5.41) is 14.3. The second-order valence-corrected chi connectivity index (χ2v) is 5.60. The number of nitrogens with zero attached hydrogens (tertiary/aromatic N) is 1. The standard InChI is InChI=1S/C18H22N4O2/c1-3-12(4-2)11-21-17(23)10-15-9-16(22-24-15)13-5-7-14(8-6-13)18(19)20/h3-8,12,15H,1-2,9-11H2,(H3,19,20)(H,21,23). The number of nitrogens with two attached hydrogens (primary N) is 1. The van der Waals surface area contributed by atoms with Crippen molar-refractivity contribution in [1.29, 1.82) is 5.41 Å². The summed E-state index contributed by atoms with van der Waals surface area (Å²) in [7, 11) is 0. The quantitative estimate of drug-likeness (QED) is 0.387. The molecule has 0 radical (unpaired) electrons. The predicted molar refractivity (Wildman–Crippen MR) is 95.0 cm³/mol. The van der Waals surface area contributed by atoms with E-state index >= 15 is 0 Å². The predicted octanol–water partition coefficient (Wildman–Crippen LogP) is 1.96. The number of nitrogens with one attached hydrogen (secondary N) is 2. The molecule has 4 N–H and O–H groups in total. The van der Waals surface area contributed by atoms with Gasteiger partial charge in [0.1, 0.15) is 11.9 Å². The summed E-state index contributed by atoms with van der Waals surface area (Å²) in [5.41, 5.74) is 7.79. The van der Waals surface area contributed by atoms with Gasteiger partial charge in [-0.2, -0.15) is 0 Å². The fourth-order valence-corrected chi connectivity index (χ4v) is 2.32. The summed E-state index contributed by atoms with van der Waals surface area (Å²) in [5.74, 6) is 0.000173. The summed E-state index contributed by atoms with van der Waals surface area (Å²) in [6, 6.07) is 7.23. The molecule has 6 heteroatoms. The molecule has 1 atom stereocenters. The van der Waals surface area contributed by atoms with Crippen molar-refractivity contribution in [3.63, 3.8) is 0 Å². The Kier molecular flexibility index (Phi) is 5.89. The molecule has 1 heterocycles. The average molecular weight is 326 g/mol. The molecule has 0 saturated heterocycles. The third kappa shape index (κ3) is 4.55. The normalized spacial score (nSPS) is 16.2. The van der Waals surface area contributed by atoms with Crippen LogP contribution in [0.25, 0.3) is 0 Å². The molecule has 0 bridgehead atoms. The highest BCUT2D eigenvalue weighted by molar-refractivity contribution is 6.02. The number of amidine groups is 1. The van der Waals surface area contributed by atoms with Gasteiger partial charge in [0, 0.05) is 24.4 Å². The maximum atomic E-state index is 12.0. The largest absolute Gasteiger partial charge is 0.391 e. The van der Waals surface area contributed by atoms with Gasteiger partial charge in [-0.15, -0.1) is 13.2 Å². The molecule has 2 rings (SSSR count). The highest BCUT2D eigenvalue weighted by Gasteiger charge is 2.24. The number of hydrogen-bond donors (Lipinski definition) is 3. The molecule has 1 aliphatic rings. The zero-order chi connectivity index (χ0) is 17.5. The molecule has 1 aliphatic heterocycles. The van der Waals surface area contributed by atoms with Crippen LogP contribution >= 0.6 is 0 Å². The number of amides is 1. The number of benzene rings is 1. The van der Waals surface area contributed by atoms with E-state index in [0.717, 1.165) is 11.3 Å². The highest BCUT2D eigenvalue weighted by Crippen LogP contribution is 2.19. The summed E-state index contributed by atoms with van der Waals surface area (Å²) in [6.45, 7) is 7.86. The van der Waals surface area contributed by atoms with Crippen LogP contribution in [0.3, 0.4) is 0 Å². The van der Waals surface area contributed by atoms with Crippen LogP contribution in [-0.2, 0) is 9.63 Å². The van der Waals surface area contributed by atoms with Gasteiger partial charge in [-0.1, -0.05) is 41.6 Å². The second kappa shape index (κ2) is 8.10. The molecule has 126 valence electrons. The first-order valence-electron chi connectivity index (χ1n) is 7.72. The zero-order valence-corrected chi connectivity index (χ0v) is 13.5. The lowest BCUT2D eigenvalue weighted by atomic mass is 10.0. The van der Waals surface area contributed by atoms with Crippen LogP contribution < -0.4 is 11.1 Å². The molecule has 0 spiro atoms. The molecule has 0 saturated carbocycles. The Morgan fingerprint density at radius 2 is 2.08 bits per heavy atom. The van der Waals surface area contributed by atoms with E-state index in [2.05, 4.69) is 23.6 Å². The SMILES string of the molecule is C=CC(C=C)CNC(=O)CC1CC(c2ccc(C(=N)N)cc2)=NO1. The number of rotatable bonds is 8. The minimum atomic E-state index is -0.265. The average Bonchev–Trinajstić information content (AvgIpc) is 3.04. The number of hydrogen-bond acceptors (Lipinski definition) is 4. The van der Waals surface area contributed by atoms with Crippen molar-refractivity contribution in [2.24, 2.45) is 16.8 Å². The lowest BCUT2D eigenvalue weighted by Crippen LogP contribution is -2.30. The Morgan fingerprint density at radius 1 is 1.42 bits per heavy atom. The van der Waals surface area contributed by atoms with E-state index in [1.54, 1.807) is 24.3 Å². The van der Waals surface area contributed by atoms with E-state index in [1.807, 2.05) is 12.1 Å². The third-order valence-electron chi connectivity index (χ3n) is 3.82. The number of carbonyl (C=O) groups excluding carboxylic acids is 1. The van der Waals surface area contributed by atoms with Gasteiger partial charge >= 0.3 is 0 Å². The maximum absolute atomic E-state index is 12.0. The van der Waals surface area contributed by atoms with Gasteiger partial charge in [0.15, 0.2) is 0 Å². The van der Waals surface area contributed by atoms with Crippen molar-refractivity contribution in [3.8, 4) is 0 Å². The Bertz CT molecular complexity index is 656. The van der Waals surface area contributed by atoms with E-state index < -0.39 is 0 Å². The fourth-order valence-electron chi connectivity index (χ4n) is 2.32. The topological polar surface area (TPSA) is 101 Å². The number of oxime groups is 1. The van der Waals surface area contributed by atoms with Gasteiger partial charge < -0.3 is 15.9 Å². The van der Waals surface area contributed by atoms with Crippen molar-refractivity contribution in [1.82, 2.24) is 5.32 Å². The molecule has 1 aromatic carbocycles. The van der Waals surface area contributed by atoms with Crippen molar-refractivity contribution in [2.45, 2.75) is 18.9 Å².